The van der Waals surface area contributed by atoms with E-state index in [9.17, 15) is 0 Å². The Labute approximate surface area is 280 Å². The predicted octanol–water partition coefficient (Wildman–Crippen LogP) is 10.8. The summed E-state index contributed by atoms with van der Waals surface area (Å²) >= 11 is 0. The lowest BCUT2D eigenvalue weighted by atomic mass is 9.42. The molecule has 6 unspecified atom stereocenters. The van der Waals surface area contributed by atoms with E-state index in [-0.39, 0.29) is 0 Å². The van der Waals surface area contributed by atoms with Gasteiger partial charge in [-0.3, -0.25) is 0 Å². The molecular formula is C41H71BN2O. The molecule has 0 spiro atoms. The minimum Gasteiger partial charge on any atom is -0.433 e. The van der Waals surface area contributed by atoms with Crippen molar-refractivity contribution in [2.24, 2.45) is 40.7 Å². The van der Waals surface area contributed by atoms with Crippen LogP contribution in [0.15, 0.2) is 71.4 Å². The van der Waals surface area contributed by atoms with Crippen molar-refractivity contribution >= 4 is 6.92 Å². The summed E-state index contributed by atoms with van der Waals surface area (Å²) in [5, 5.41) is 2.75. The molecule has 6 aliphatic carbocycles. The molecule has 6 atom stereocenters. The zero-order valence-corrected chi connectivity index (χ0v) is 31.2. The van der Waals surface area contributed by atoms with E-state index < -0.39 is 0 Å². The summed E-state index contributed by atoms with van der Waals surface area (Å²) < 4.78 is 6.42. The van der Waals surface area contributed by atoms with Crippen LogP contribution in [0.2, 0.25) is 12.1 Å². The highest BCUT2D eigenvalue weighted by Gasteiger charge is 2.61. The number of hydrogen-bond donors (Lipinski definition) is 2. The van der Waals surface area contributed by atoms with Gasteiger partial charge in [0.05, 0.1) is 0 Å². The van der Waals surface area contributed by atoms with Gasteiger partial charge in [-0.05, 0) is 136 Å². The molecule has 3 saturated carbocycles. The summed E-state index contributed by atoms with van der Waals surface area (Å²) in [7, 11) is 3.75. The molecule has 0 aromatic rings. The molecule has 1 saturated heterocycles. The Bertz CT molecular complexity index is 1060. The molecule has 4 fully saturated rings. The van der Waals surface area contributed by atoms with E-state index in [0.29, 0.717) is 30.9 Å². The van der Waals surface area contributed by atoms with Crippen molar-refractivity contribution in [2.75, 3.05) is 20.6 Å². The molecule has 2 bridgehead atoms. The maximum atomic E-state index is 6.42. The van der Waals surface area contributed by atoms with Gasteiger partial charge in [-0.15, -0.1) is 6.58 Å². The first kappa shape index (κ1) is 39.6. The predicted molar refractivity (Wildman–Crippen MR) is 202 cm³/mol. The van der Waals surface area contributed by atoms with Crippen molar-refractivity contribution < 1.29 is 4.65 Å². The molecule has 3 N–H and O–H groups in total. The maximum absolute atomic E-state index is 6.42. The van der Waals surface area contributed by atoms with Crippen LogP contribution in [-0.2, 0) is 4.65 Å². The average Bonchev–Trinajstić information content (AvgIpc) is 3.61. The van der Waals surface area contributed by atoms with Crippen molar-refractivity contribution in [2.45, 2.75) is 131 Å². The summed E-state index contributed by atoms with van der Waals surface area (Å²) in [4.78, 5) is 0. The van der Waals surface area contributed by atoms with Crippen LogP contribution >= 0.6 is 0 Å². The second-order valence-corrected chi connectivity index (χ2v) is 15.1. The van der Waals surface area contributed by atoms with E-state index >= 15 is 0 Å². The third kappa shape index (κ3) is 10.2. The van der Waals surface area contributed by atoms with Gasteiger partial charge in [0, 0.05) is 18.6 Å². The van der Waals surface area contributed by atoms with Gasteiger partial charge in [0.25, 0.3) is 6.92 Å². The van der Waals surface area contributed by atoms with Crippen LogP contribution in [0.3, 0.4) is 0 Å². The van der Waals surface area contributed by atoms with Gasteiger partial charge in [-0.25, -0.2) is 0 Å². The lowest BCUT2D eigenvalue weighted by Gasteiger charge is -2.61. The minimum absolute atomic E-state index is 0.553. The van der Waals surface area contributed by atoms with E-state index in [1.807, 2.05) is 34.9 Å². The molecular weight excluding hydrogens is 547 g/mol. The first-order chi connectivity index (χ1) is 21.5. The molecule has 1 aliphatic heterocycles. The summed E-state index contributed by atoms with van der Waals surface area (Å²) in [6.07, 6.45) is 25.1. The number of fused-ring (bicyclic) bond motifs is 2. The number of allylic oxidation sites excluding steroid dienone is 9. The van der Waals surface area contributed by atoms with Gasteiger partial charge in [-0.1, -0.05) is 97.4 Å². The molecule has 0 radical (unpaired) electrons. The van der Waals surface area contributed by atoms with Crippen LogP contribution < -0.4 is 11.1 Å². The van der Waals surface area contributed by atoms with Gasteiger partial charge < -0.3 is 15.7 Å². The van der Waals surface area contributed by atoms with Crippen molar-refractivity contribution in [1.82, 2.24) is 5.32 Å². The fraction of sp³-hybridized carbons (Fsp3) is 0.707. The van der Waals surface area contributed by atoms with Crippen LogP contribution in [-0.4, -0.2) is 33.7 Å². The Kier molecular flexibility index (Phi) is 16.9. The fourth-order valence-corrected chi connectivity index (χ4v) is 8.56. The van der Waals surface area contributed by atoms with E-state index in [2.05, 4.69) is 83.5 Å². The van der Waals surface area contributed by atoms with Crippen molar-refractivity contribution in [3.8, 4) is 0 Å². The van der Waals surface area contributed by atoms with Gasteiger partial charge >= 0.3 is 0 Å². The summed E-state index contributed by atoms with van der Waals surface area (Å²) in [5.41, 5.74) is 13.2. The topological polar surface area (TPSA) is 47.3 Å². The number of rotatable bonds is 7. The standard InChI is InChI=1S/C17H20.C16H29BO.C4H9N.C2H7N.C2H6/c1-2-3-8-13-14-9-4-6-11-16(14)17-12-7-5-10-15(13)17;1-10(2)6-11(3)17-9-13-14-7-12(16(14,4)5)8-15(13)18-17;1-4(2)3-5;1-3-2;1-2/h2,4,9-10,12-13H,1,3,5-8,11H2;10-15H,6-9H2,1-5H3;1,3,5H2,2H3;3H,1-2H3;1-2H3. The van der Waals surface area contributed by atoms with Crippen molar-refractivity contribution in [3.05, 3.63) is 71.4 Å². The Hall–Kier alpha value is -1.62. The van der Waals surface area contributed by atoms with E-state index in [1.54, 1.807) is 22.3 Å². The van der Waals surface area contributed by atoms with Gasteiger partial charge in [-0.2, -0.15) is 0 Å². The van der Waals surface area contributed by atoms with E-state index in [0.717, 1.165) is 41.5 Å². The minimum atomic E-state index is 0.553. The molecule has 0 amide bonds. The molecule has 0 aromatic carbocycles. The normalized spacial score (nSPS) is 28.4. The Balaban J connectivity index is 0.000000244. The fourth-order valence-electron chi connectivity index (χ4n) is 8.56. The Morgan fingerprint density at radius 3 is 2.36 bits per heavy atom. The smallest absolute Gasteiger partial charge is 0.296 e. The highest BCUT2D eigenvalue weighted by molar-refractivity contribution is 6.54. The Morgan fingerprint density at radius 1 is 1.13 bits per heavy atom. The third-order valence-electron chi connectivity index (χ3n) is 10.9. The lowest BCUT2D eigenvalue weighted by molar-refractivity contribution is -0.136. The summed E-state index contributed by atoms with van der Waals surface area (Å²) in [6, 6.07) is 0. The summed E-state index contributed by atoms with van der Waals surface area (Å²) in [6.45, 7) is 26.5. The average molecular weight is 619 g/mol. The number of nitrogens with one attached hydrogen (secondary N) is 1. The molecule has 1 heterocycles. The highest BCUT2D eigenvalue weighted by atomic mass is 16.5. The van der Waals surface area contributed by atoms with Crippen molar-refractivity contribution in [1.29, 1.82) is 0 Å². The van der Waals surface area contributed by atoms with Crippen molar-refractivity contribution in [3.63, 3.8) is 0 Å². The largest absolute Gasteiger partial charge is 0.433 e. The molecule has 7 rings (SSSR count). The maximum Gasteiger partial charge on any atom is 0.296 e. The molecule has 45 heavy (non-hydrogen) atoms. The molecule has 7 aliphatic rings. The molecule has 3 nitrogen and oxygen atoms in total. The lowest BCUT2D eigenvalue weighted by Crippen LogP contribution is -2.56. The molecule has 4 heteroatoms. The monoisotopic (exact) mass is 619 g/mol. The highest BCUT2D eigenvalue weighted by Crippen LogP contribution is 2.64. The first-order valence-corrected chi connectivity index (χ1v) is 18.5. The Morgan fingerprint density at radius 2 is 1.78 bits per heavy atom. The number of nitrogens with two attached hydrogens (primary N) is 1. The van der Waals surface area contributed by atoms with Crippen LogP contribution in [0.4, 0.5) is 0 Å². The van der Waals surface area contributed by atoms with Gasteiger partial charge in [0.2, 0.25) is 0 Å². The number of hydrogen-bond acceptors (Lipinski definition) is 3. The van der Waals surface area contributed by atoms with Gasteiger partial charge in [0.15, 0.2) is 0 Å². The third-order valence-corrected chi connectivity index (χ3v) is 10.9. The molecule has 0 aromatic heterocycles. The van der Waals surface area contributed by atoms with Gasteiger partial charge in [0.1, 0.15) is 0 Å². The first-order valence-electron chi connectivity index (χ1n) is 18.5. The second-order valence-electron chi connectivity index (χ2n) is 15.1. The second kappa shape index (κ2) is 19.3. The summed E-state index contributed by atoms with van der Waals surface area (Å²) in [5.74, 6) is 4.99. The SMILES string of the molecule is C=C(C)CN.C=CCCC1C2=CCCC=C2C2=C1C=CCC2.CC.CC(C)CC(C)B1CC2C(CC3CC2C3(C)C)O1.CNC. The van der Waals surface area contributed by atoms with Crippen LogP contribution in [0.25, 0.3) is 0 Å². The zero-order chi connectivity index (χ0) is 33.7. The van der Waals surface area contributed by atoms with Crippen LogP contribution in [0, 0.1) is 35.0 Å². The van der Waals surface area contributed by atoms with Crippen LogP contribution in [0.1, 0.15) is 113 Å². The van der Waals surface area contributed by atoms with E-state index in [1.165, 1.54) is 57.7 Å². The van der Waals surface area contributed by atoms with E-state index in [4.69, 9.17) is 10.4 Å². The zero-order valence-electron chi connectivity index (χ0n) is 31.2. The van der Waals surface area contributed by atoms with Crippen LogP contribution in [0.5, 0.6) is 0 Å². The molecule has 254 valence electrons. The quantitative estimate of drug-likeness (QED) is 0.220.